The Morgan fingerprint density at radius 2 is 2.00 bits per heavy atom. The standard InChI is InChI=1S/C20H28N2O3/c1-5-9-16-15(12-23)17(14-10-7-6-8-11-14)22-20(16,13-21)18(24)25-19(2,3)4/h6-8,10-11,15-17,22-23H,5,9,12H2,1-4H3/t15-,16-,17-,20-/m1/s1. The molecule has 0 saturated carbocycles. The van der Waals surface area contributed by atoms with Crippen LogP contribution in [0.15, 0.2) is 30.3 Å². The molecule has 1 aliphatic heterocycles. The molecule has 1 fully saturated rings. The van der Waals surface area contributed by atoms with Crippen molar-refractivity contribution < 1.29 is 14.6 Å². The van der Waals surface area contributed by atoms with E-state index < -0.39 is 17.1 Å². The molecule has 0 amide bonds. The average molecular weight is 344 g/mol. The summed E-state index contributed by atoms with van der Waals surface area (Å²) in [7, 11) is 0. The lowest BCUT2D eigenvalue weighted by molar-refractivity contribution is -0.162. The molecule has 0 radical (unpaired) electrons. The van der Waals surface area contributed by atoms with Gasteiger partial charge in [0.15, 0.2) is 0 Å². The molecule has 5 heteroatoms. The third kappa shape index (κ3) is 3.86. The zero-order chi connectivity index (χ0) is 18.7. The van der Waals surface area contributed by atoms with E-state index in [9.17, 15) is 15.2 Å². The van der Waals surface area contributed by atoms with Gasteiger partial charge in [-0.05, 0) is 32.8 Å². The SMILES string of the molecule is CCC[C@@H]1[C@@H](CO)[C@@H](c2ccccc2)N[C@@]1(C#N)C(=O)OC(C)(C)C. The summed E-state index contributed by atoms with van der Waals surface area (Å²) < 4.78 is 5.56. The summed E-state index contributed by atoms with van der Waals surface area (Å²) in [6.07, 6.45) is 1.48. The Labute approximate surface area is 150 Å². The number of carbonyl (C=O) groups excluding carboxylic acids is 1. The van der Waals surface area contributed by atoms with Crippen LogP contribution in [0.2, 0.25) is 0 Å². The van der Waals surface area contributed by atoms with Gasteiger partial charge in [-0.25, -0.2) is 4.79 Å². The first-order valence-electron chi connectivity index (χ1n) is 8.87. The number of nitrogens with one attached hydrogen (secondary N) is 1. The number of ether oxygens (including phenoxy) is 1. The first-order chi connectivity index (χ1) is 11.8. The summed E-state index contributed by atoms with van der Waals surface area (Å²) in [5.74, 6) is -1.10. The van der Waals surface area contributed by atoms with Crippen molar-refractivity contribution in [3.63, 3.8) is 0 Å². The molecule has 1 aromatic rings. The highest BCUT2D eigenvalue weighted by Gasteiger charge is 2.59. The van der Waals surface area contributed by atoms with Crippen LogP contribution in [0.25, 0.3) is 0 Å². The monoisotopic (exact) mass is 344 g/mol. The minimum atomic E-state index is -1.45. The van der Waals surface area contributed by atoms with Gasteiger partial charge in [0.05, 0.1) is 6.07 Å². The topological polar surface area (TPSA) is 82.4 Å². The van der Waals surface area contributed by atoms with Crippen LogP contribution in [0.3, 0.4) is 0 Å². The smallest absolute Gasteiger partial charge is 0.342 e. The summed E-state index contributed by atoms with van der Waals surface area (Å²) >= 11 is 0. The number of esters is 1. The summed E-state index contributed by atoms with van der Waals surface area (Å²) in [5.41, 5.74) is -1.17. The van der Waals surface area contributed by atoms with Crippen LogP contribution in [0.5, 0.6) is 0 Å². The molecule has 1 heterocycles. The number of aliphatic hydroxyl groups excluding tert-OH is 1. The number of carbonyl (C=O) groups is 1. The van der Waals surface area contributed by atoms with Crippen molar-refractivity contribution in [3.05, 3.63) is 35.9 Å². The van der Waals surface area contributed by atoms with Gasteiger partial charge in [0.1, 0.15) is 5.60 Å². The van der Waals surface area contributed by atoms with Gasteiger partial charge in [-0.15, -0.1) is 0 Å². The zero-order valence-electron chi connectivity index (χ0n) is 15.5. The molecule has 0 spiro atoms. The summed E-state index contributed by atoms with van der Waals surface area (Å²) in [5, 5.41) is 23.2. The maximum Gasteiger partial charge on any atom is 0.342 e. The van der Waals surface area contributed by atoms with Crippen molar-refractivity contribution in [3.8, 4) is 6.07 Å². The Morgan fingerprint density at radius 1 is 1.36 bits per heavy atom. The molecule has 1 aliphatic rings. The molecule has 1 saturated heterocycles. The van der Waals surface area contributed by atoms with Gasteiger partial charge in [-0.2, -0.15) is 5.26 Å². The summed E-state index contributed by atoms with van der Waals surface area (Å²) in [6.45, 7) is 7.29. The van der Waals surface area contributed by atoms with Crippen molar-refractivity contribution in [2.75, 3.05) is 6.61 Å². The fraction of sp³-hybridized carbons (Fsp3) is 0.600. The highest BCUT2D eigenvalue weighted by molar-refractivity contribution is 5.86. The van der Waals surface area contributed by atoms with Crippen molar-refractivity contribution >= 4 is 5.97 Å². The average Bonchev–Trinajstić information content (AvgIpc) is 2.89. The minimum Gasteiger partial charge on any atom is -0.458 e. The third-order valence-electron chi connectivity index (χ3n) is 4.75. The number of aliphatic hydroxyl groups is 1. The van der Waals surface area contributed by atoms with Gasteiger partial charge < -0.3 is 9.84 Å². The van der Waals surface area contributed by atoms with Crippen LogP contribution >= 0.6 is 0 Å². The molecule has 4 atom stereocenters. The lowest BCUT2D eigenvalue weighted by Gasteiger charge is -2.31. The van der Waals surface area contributed by atoms with Gasteiger partial charge in [-0.1, -0.05) is 43.7 Å². The molecule has 0 aliphatic carbocycles. The Morgan fingerprint density at radius 3 is 2.48 bits per heavy atom. The fourth-order valence-corrected chi connectivity index (χ4v) is 3.71. The van der Waals surface area contributed by atoms with Gasteiger partial charge in [0.25, 0.3) is 0 Å². The highest BCUT2D eigenvalue weighted by Crippen LogP contribution is 2.45. The van der Waals surface area contributed by atoms with E-state index >= 15 is 0 Å². The maximum atomic E-state index is 12.9. The van der Waals surface area contributed by atoms with E-state index in [4.69, 9.17) is 4.74 Å². The highest BCUT2D eigenvalue weighted by atomic mass is 16.6. The molecule has 0 aromatic heterocycles. The van der Waals surface area contributed by atoms with E-state index in [0.29, 0.717) is 6.42 Å². The van der Waals surface area contributed by atoms with Crippen LogP contribution in [-0.4, -0.2) is 28.8 Å². The van der Waals surface area contributed by atoms with Crippen LogP contribution in [-0.2, 0) is 9.53 Å². The molecule has 0 unspecified atom stereocenters. The largest absolute Gasteiger partial charge is 0.458 e. The lowest BCUT2D eigenvalue weighted by Crippen LogP contribution is -2.54. The van der Waals surface area contributed by atoms with Gasteiger partial charge >= 0.3 is 5.97 Å². The number of nitriles is 1. The number of hydrogen-bond acceptors (Lipinski definition) is 5. The van der Waals surface area contributed by atoms with Crippen molar-refractivity contribution in [2.24, 2.45) is 11.8 Å². The van der Waals surface area contributed by atoms with E-state index in [1.165, 1.54) is 0 Å². The van der Waals surface area contributed by atoms with Crippen molar-refractivity contribution in [1.29, 1.82) is 5.26 Å². The van der Waals surface area contributed by atoms with E-state index in [1.54, 1.807) is 20.8 Å². The second-order valence-corrected chi connectivity index (χ2v) is 7.70. The molecule has 1 aromatic carbocycles. The van der Waals surface area contributed by atoms with E-state index in [1.807, 2.05) is 37.3 Å². The van der Waals surface area contributed by atoms with Crippen LogP contribution in [0.1, 0.15) is 52.1 Å². The Balaban J connectivity index is 2.47. The maximum absolute atomic E-state index is 12.9. The quantitative estimate of drug-likeness (QED) is 0.803. The number of benzene rings is 1. The summed E-state index contributed by atoms with van der Waals surface area (Å²) in [6, 6.07) is 11.6. The number of hydrogen-bond donors (Lipinski definition) is 2. The predicted octanol–water partition coefficient (Wildman–Crippen LogP) is 2.96. The van der Waals surface area contributed by atoms with Gasteiger partial charge in [0.2, 0.25) is 5.54 Å². The van der Waals surface area contributed by atoms with E-state index in [0.717, 1.165) is 12.0 Å². The second-order valence-electron chi connectivity index (χ2n) is 7.70. The van der Waals surface area contributed by atoms with Crippen molar-refractivity contribution in [2.45, 2.75) is 57.7 Å². The minimum absolute atomic E-state index is 0.0938. The predicted molar refractivity (Wildman–Crippen MR) is 95.5 cm³/mol. The van der Waals surface area contributed by atoms with Crippen LogP contribution in [0, 0.1) is 23.2 Å². The number of rotatable bonds is 5. The molecule has 25 heavy (non-hydrogen) atoms. The fourth-order valence-electron chi connectivity index (χ4n) is 3.71. The second kappa shape index (κ2) is 7.55. The van der Waals surface area contributed by atoms with Gasteiger partial charge in [-0.3, -0.25) is 5.32 Å². The van der Waals surface area contributed by atoms with Gasteiger partial charge in [0, 0.05) is 24.5 Å². The van der Waals surface area contributed by atoms with E-state index in [-0.39, 0.29) is 24.5 Å². The Kier molecular flexibility index (Phi) is 5.87. The molecular formula is C20H28N2O3. The normalized spacial score (nSPS) is 29.2. The Hall–Kier alpha value is -1.90. The van der Waals surface area contributed by atoms with E-state index in [2.05, 4.69) is 11.4 Å². The van der Waals surface area contributed by atoms with Crippen LogP contribution < -0.4 is 5.32 Å². The molecule has 2 N–H and O–H groups in total. The molecular weight excluding hydrogens is 316 g/mol. The zero-order valence-corrected chi connectivity index (χ0v) is 15.5. The number of nitrogens with zero attached hydrogens (tertiary/aromatic N) is 1. The molecule has 0 bridgehead atoms. The molecule has 2 rings (SSSR count). The molecule has 136 valence electrons. The summed E-state index contributed by atoms with van der Waals surface area (Å²) in [4.78, 5) is 12.9. The lowest BCUT2D eigenvalue weighted by atomic mass is 9.76. The molecule has 5 nitrogen and oxygen atoms in total. The Bertz CT molecular complexity index is 633. The first-order valence-corrected chi connectivity index (χ1v) is 8.87. The first kappa shape index (κ1) is 19.4. The van der Waals surface area contributed by atoms with Crippen LogP contribution in [0.4, 0.5) is 0 Å². The third-order valence-corrected chi connectivity index (χ3v) is 4.75. The van der Waals surface area contributed by atoms with Crippen molar-refractivity contribution in [1.82, 2.24) is 5.32 Å².